The lowest BCUT2D eigenvalue weighted by Gasteiger charge is -2.12. The molecule has 42 heavy (non-hydrogen) atoms. The van der Waals surface area contributed by atoms with Crippen LogP contribution in [0, 0.1) is 18.3 Å². The third kappa shape index (κ3) is 6.49. The number of hydrogen-bond donors (Lipinski definition) is 3. The topological polar surface area (TPSA) is 163 Å². The summed E-state index contributed by atoms with van der Waals surface area (Å²) in [6.45, 7) is 3.88. The molecule has 216 valence electrons. The highest BCUT2D eigenvalue weighted by Gasteiger charge is 2.22. The van der Waals surface area contributed by atoms with E-state index in [0.717, 1.165) is 17.5 Å². The Balaban J connectivity index is 1.65. The van der Waals surface area contributed by atoms with Gasteiger partial charge in [0.1, 0.15) is 11.8 Å². The number of nitrogens with one attached hydrogen (secondary N) is 2. The van der Waals surface area contributed by atoms with Crippen molar-refractivity contribution in [2.45, 2.75) is 31.6 Å². The quantitative estimate of drug-likeness (QED) is 0.143. The van der Waals surface area contributed by atoms with Gasteiger partial charge in [0.25, 0.3) is 15.9 Å². The minimum Gasteiger partial charge on any atom is -0.465 e. The number of ether oxygens (including phenoxy) is 1. The molecular weight excluding hydrogens is 605 g/mol. The number of aromatic nitrogens is 1. The number of halogens is 2. The molecule has 0 saturated carbocycles. The standard InChI is InChI=1S/C28H23Cl2N5O6S/c1-3-4-17-15-35(42(39,40)20-8-5-16(2)6-9-20)25-10-7-19(13-21(17)25)41-26-22(29)11-18(12-23(26)30)33-34-24(14-31)27(36)32-28(37)38/h5-13,15,33H,3-4H2,1-2H3,(H,32,36)(H,37,38). The maximum atomic E-state index is 13.5. The fourth-order valence-electron chi connectivity index (χ4n) is 4.04. The number of fused-ring (bicyclic) bond motifs is 1. The Labute approximate surface area is 251 Å². The molecule has 4 rings (SSSR count). The summed E-state index contributed by atoms with van der Waals surface area (Å²) in [7, 11) is -3.85. The molecule has 1 aromatic heterocycles. The smallest absolute Gasteiger partial charge is 0.411 e. The molecule has 0 radical (unpaired) electrons. The van der Waals surface area contributed by atoms with Gasteiger partial charge in [-0.05, 0) is 61.4 Å². The maximum absolute atomic E-state index is 13.5. The molecule has 0 spiro atoms. The van der Waals surface area contributed by atoms with Gasteiger partial charge in [-0.1, -0.05) is 54.2 Å². The number of amides is 2. The lowest BCUT2D eigenvalue weighted by molar-refractivity contribution is -0.114. The second-order valence-corrected chi connectivity index (χ2v) is 11.6. The third-order valence-corrected chi connectivity index (χ3v) is 8.23. The van der Waals surface area contributed by atoms with Gasteiger partial charge < -0.3 is 9.84 Å². The van der Waals surface area contributed by atoms with Crippen LogP contribution in [0.15, 0.2) is 70.8 Å². The van der Waals surface area contributed by atoms with E-state index in [1.165, 1.54) is 27.5 Å². The number of carbonyl (C=O) groups excluding carboxylic acids is 1. The molecule has 3 aromatic carbocycles. The molecule has 0 saturated heterocycles. The summed E-state index contributed by atoms with van der Waals surface area (Å²) >= 11 is 12.8. The lowest BCUT2D eigenvalue weighted by atomic mass is 10.1. The van der Waals surface area contributed by atoms with Crippen LogP contribution >= 0.6 is 23.2 Å². The number of carbonyl (C=O) groups is 2. The first kappa shape index (κ1) is 30.4. The largest absolute Gasteiger partial charge is 0.465 e. The van der Waals surface area contributed by atoms with Crippen LogP contribution in [-0.2, 0) is 21.2 Å². The number of aryl methyl sites for hydroxylation is 2. The molecular formula is C28H23Cl2N5O6S. The lowest BCUT2D eigenvalue weighted by Crippen LogP contribution is -2.34. The molecule has 3 N–H and O–H groups in total. The molecule has 4 aromatic rings. The van der Waals surface area contributed by atoms with Crippen LogP contribution in [0.1, 0.15) is 24.5 Å². The van der Waals surface area contributed by atoms with Crippen LogP contribution in [0.3, 0.4) is 0 Å². The summed E-state index contributed by atoms with van der Waals surface area (Å²) in [6, 6.07) is 15.8. The Morgan fingerprint density at radius 3 is 2.36 bits per heavy atom. The number of rotatable bonds is 9. The van der Waals surface area contributed by atoms with Crippen molar-refractivity contribution in [3.05, 3.63) is 82.0 Å². The van der Waals surface area contributed by atoms with Gasteiger partial charge in [0.2, 0.25) is 5.71 Å². The van der Waals surface area contributed by atoms with Gasteiger partial charge in [0.15, 0.2) is 5.75 Å². The molecule has 0 aliphatic rings. The van der Waals surface area contributed by atoms with Gasteiger partial charge in [0, 0.05) is 11.6 Å². The van der Waals surface area contributed by atoms with E-state index in [-0.39, 0.29) is 26.4 Å². The SMILES string of the molecule is CCCc1cn(S(=O)(=O)c2ccc(C)cc2)c2ccc(Oc3c(Cl)cc(NN=C(C#N)C(=O)NC(=O)O)cc3Cl)cc12. The Bertz CT molecular complexity index is 1860. The van der Waals surface area contributed by atoms with Crippen LogP contribution in [-0.4, -0.2) is 35.2 Å². The first-order valence-corrected chi connectivity index (χ1v) is 14.6. The van der Waals surface area contributed by atoms with E-state index in [4.69, 9.17) is 38.3 Å². The highest BCUT2D eigenvalue weighted by molar-refractivity contribution is 7.90. The molecule has 0 bridgehead atoms. The molecule has 2 amide bonds. The average molecular weight is 628 g/mol. The van der Waals surface area contributed by atoms with Crippen molar-refractivity contribution in [2.24, 2.45) is 5.10 Å². The molecule has 0 atom stereocenters. The van der Waals surface area contributed by atoms with E-state index in [9.17, 15) is 18.0 Å². The third-order valence-electron chi connectivity index (χ3n) is 5.98. The molecule has 0 aliphatic heterocycles. The van der Waals surface area contributed by atoms with Crippen LogP contribution in [0.4, 0.5) is 10.5 Å². The molecule has 11 nitrogen and oxygen atoms in total. The monoisotopic (exact) mass is 627 g/mol. The van der Waals surface area contributed by atoms with Gasteiger partial charge in [-0.3, -0.25) is 15.5 Å². The zero-order valence-electron chi connectivity index (χ0n) is 22.2. The van der Waals surface area contributed by atoms with Gasteiger partial charge in [-0.15, -0.1) is 0 Å². The van der Waals surface area contributed by atoms with E-state index < -0.39 is 27.7 Å². The Morgan fingerprint density at radius 2 is 1.76 bits per heavy atom. The number of carboxylic acid groups (broad SMARTS) is 1. The first-order valence-electron chi connectivity index (χ1n) is 12.4. The van der Waals surface area contributed by atoms with E-state index in [0.29, 0.717) is 23.1 Å². The predicted molar refractivity (Wildman–Crippen MR) is 159 cm³/mol. The van der Waals surface area contributed by atoms with E-state index >= 15 is 0 Å². The summed E-state index contributed by atoms with van der Waals surface area (Å²) in [5, 5.41) is 23.6. The van der Waals surface area contributed by atoms with Crippen LogP contribution in [0.25, 0.3) is 10.9 Å². The summed E-state index contributed by atoms with van der Waals surface area (Å²) in [4.78, 5) is 22.5. The number of benzene rings is 3. The molecule has 0 aliphatic carbocycles. The minimum absolute atomic E-state index is 0.0575. The van der Waals surface area contributed by atoms with Crippen molar-refractivity contribution in [3.63, 3.8) is 0 Å². The number of hydrazone groups is 1. The van der Waals surface area contributed by atoms with Crippen molar-refractivity contribution in [1.82, 2.24) is 9.29 Å². The van der Waals surface area contributed by atoms with Crippen molar-refractivity contribution in [3.8, 4) is 17.6 Å². The highest BCUT2D eigenvalue weighted by atomic mass is 35.5. The summed E-state index contributed by atoms with van der Waals surface area (Å²) in [5.74, 6) is -0.766. The fourth-order valence-corrected chi connectivity index (χ4v) is 6.00. The van der Waals surface area contributed by atoms with Crippen molar-refractivity contribution < 1.29 is 27.9 Å². The number of imide groups is 1. The number of nitrogens with zero attached hydrogens (tertiary/aromatic N) is 3. The summed E-state index contributed by atoms with van der Waals surface area (Å²) in [6.07, 6.45) is 1.41. The Hall–Kier alpha value is -4.57. The Morgan fingerprint density at radius 1 is 1.10 bits per heavy atom. The van der Waals surface area contributed by atoms with Crippen LogP contribution in [0.5, 0.6) is 11.5 Å². The zero-order valence-corrected chi connectivity index (χ0v) is 24.5. The minimum atomic E-state index is -3.85. The number of anilines is 1. The van der Waals surface area contributed by atoms with Crippen LogP contribution in [0.2, 0.25) is 10.0 Å². The second-order valence-electron chi connectivity index (χ2n) is 9.01. The van der Waals surface area contributed by atoms with E-state index in [1.807, 2.05) is 13.8 Å². The molecule has 0 fully saturated rings. The van der Waals surface area contributed by atoms with Crippen LogP contribution < -0.4 is 15.5 Å². The van der Waals surface area contributed by atoms with E-state index in [1.54, 1.807) is 48.7 Å². The van der Waals surface area contributed by atoms with Crippen molar-refractivity contribution in [1.29, 1.82) is 5.26 Å². The van der Waals surface area contributed by atoms with Gasteiger partial charge >= 0.3 is 6.09 Å². The summed E-state index contributed by atoms with van der Waals surface area (Å²) in [5.41, 5.74) is 4.14. The first-order chi connectivity index (χ1) is 19.9. The normalized spacial score (nSPS) is 11.6. The van der Waals surface area contributed by atoms with Gasteiger partial charge in [-0.25, -0.2) is 17.2 Å². The van der Waals surface area contributed by atoms with Gasteiger partial charge in [-0.2, -0.15) is 10.4 Å². The maximum Gasteiger partial charge on any atom is 0.411 e. The fraction of sp³-hybridized carbons (Fsp3) is 0.143. The number of hydrogen-bond acceptors (Lipinski definition) is 8. The Kier molecular flexibility index (Phi) is 9.06. The molecule has 14 heteroatoms. The van der Waals surface area contributed by atoms with E-state index in [2.05, 4.69) is 10.5 Å². The van der Waals surface area contributed by atoms with Crippen molar-refractivity contribution >= 4 is 67.5 Å². The average Bonchev–Trinajstić information content (AvgIpc) is 3.29. The summed E-state index contributed by atoms with van der Waals surface area (Å²) < 4.78 is 34.2. The highest BCUT2D eigenvalue weighted by Crippen LogP contribution is 2.40. The predicted octanol–water partition coefficient (Wildman–Crippen LogP) is 6.32. The zero-order chi connectivity index (χ0) is 30.6. The molecule has 0 unspecified atom stereocenters. The van der Waals surface area contributed by atoms with Crippen molar-refractivity contribution in [2.75, 3.05) is 5.43 Å². The van der Waals surface area contributed by atoms with Gasteiger partial charge in [0.05, 0.1) is 26.1 Å². The second kappa shape index (κ2) is 12.5. The number of nitriles is 1. The molecule has 1 heterocycles.